The maximum absolute atomic E-state index is 13.6. The van der Waals surface area contributed by atoms with Gasteiger partial charge >= 0.3 is 0 Å². The molecular weight excluding hydrogens is 329 g/mol. The second kappa shape index (κ2) is 5.54. The van der Waals surface area contributed by atoms with E-state index in [9.17, 15) is 4.39 Å². The summed E-state index contributed by atoms with van der Waals surface area (Å²) in [5.41, 5.74) is 9.81. The maximum atomic E-state index is 13.6. The fraction of sp³-hybridized carbons (Fsp3) is 0.333. The highest BCUT2D eigenvalue weighted by molar-refractivity contribution is 9.10. The van der Waals surface area contributed by atoms with Crippen molar-refractivity contribution in [1.29, 1.82) is 0 Å². The summed E-state index contributed by atoms with van der Waals surface area (Å²) in [5.74, 6) is 0.317. The molecule has 1 aliphatic carbocycles. The Balaban J connectivity index is 1.99. The van der Waals surface area contributed by atoms with Crippen molar-refractivity contribution < 1.29 is 4.39 Å². The molecule has 0 radical (unpaired) electrons. The molecule has 0 fully saturated rings. The van der Waals surface area contributed by atoms with Gasteiger partial charge in [0.1, 0.15) is 5.82 Å². The van der Waals surface area contributed by atoms with Crippen LogP contribution >= 0.6 is 15.9 Å². The van der Waals surface area contributed by atoms with E-state index < -0.39 is 5.54 Å². The van der Waals surface area contributed by atoms with Gasteiger partial charge in [-0.2, -0.15) is 0 Å². The van der Waals surface area contributed by atoms with Gasteiger partial charge in [-0.05, 0) is 60.1 Å². The monoisotopic (exact) mass is 347 g/mol. The first-order valence-corrected chi connectivity index (χ1v) is 8.10. The lowest BCUT2D eigenvalue weighted by Crippen LogP contribution is -2.42. The summed E-state index contributed by atoms with van der Waals surface area (Å²) in [6.45, 7) is 2.25. The van der Waals surface area contributed by atoms with E-state index in [0.29, 0.717) is 12.3 Å². The number of halogens is 2. The predicted molar refractivity (Wildman–Crippen MR) is 87.8 cm³/mol. The molecule has 0 heterocycles. The van der Waals surface area contributed by atoms with Gasteiger partial charge in [0.25, 0.3) is 0 Å². The Hall–Kier alpha value is -1.19. The predicted octanol–water partition coefficient (Wildman–Crippen LogP) is 4.88. The van der Waals surface area contributed by atoms with E-state index in [-0.39, 0.29) is 5.82 Å². The van der Waals surface area contributed by atoms with E-state index in [1.54, 1.807) is 6.07 Å². The van der Waals surface area contributed by atoms with Crippen LogP contribution in [0, 0.1) is 5.82 Å². The van der Waals surface area contributed by atoms with Crippen LogP contribution in [0.5, 0.6) is 0 Å². The van der Waals surface area contributed by atoms with Gasteiger partial charge in [0.2, 0.25) is 0 Å². The molecule has 0 amide bonds. The van der Waals surface area contributed by atoms with Crippen LogP contribution in [-0.2, 0) is 12.0 Å². The average Bonchev–Trinajstić information content (AvgIpc) is 2.43. The van der Waals surface area contributed by atoms with Gasteiger partial charge in [-0.25, -0.2) is 4.39 Å². The summed E-state index contributed by atoms with van der Waals surface area (Å²) in [6, 6.07) is 13.4. The van der Waals surface area contributed by atoms with Crippen molar-refractivity contribution in [3.05, 3.63) is 69.4 Å². The van der Waals surface area contributed by atoms with E-state index in [4.69, 9.17) is 5.73 Å². The van der Waals surface area contributed by atoms with Crippen LogP contribution < -0.4 is 5.73 Å². The lowest BCUT2D eigenvalue weighted by Gasteiger charge is -2.38. The summed E-state index contributed by atoms with van der Waals surface area (Å²) in [7, 11) is 0. The summed E-state index contributed by atoms with van der Waals surface area (Å²) in [5, 5.41) is 0. The first kappa shape index (κ1) is 14.7. The maximum Gasteiger partial charge on any atom is 0.124 e. The molecule has 1 nitrogen and oxygen atoms in total. The molecule has 0 aliphatic heterocycles. The van der Waals surface area contributed by atoms with Crippen LogP contribution in [0.25, 0.3) is 0 Å². The molecule has 2 aromatic rings. The molecule has 0 saturated carbocycles. The Kier molecular flexibility index (Phi) is 3.89. The minimum Gasteiger partial charge on any atom is -0.321 e. The highest BCUT2D eigenvalue weighted by Gasteiger charge is 2.35. The van der Waals surface area contributed by atoms with Crippen molar-refractivity contribution in [1.82, 2.24) is 0 Å². The highest BCUT2D eigenvalue weighted by atomic mass is 79.9. The van der Waals surface area contributed by atoms with Crippen LogP contribution in [0.3, 0.4) is 0 Å². The second-order valence-electron chi connectivity index (χ2n) is 6.14. The third kappa shape index (κ3) is 2.90. The molecule has 0 aromatic heterocycles. The van der Waals surface area contributed by atoms with Gasteiger partial charge in [-0.15, -0.1) is 0 Å². The number of benzene rings is 2. The number of hydrogen-bond donors (Lipinski definition) is 1. The van der Waals surface area contributed by atoms with Gasteiger partial charge in [0.05, 0.1) is 0 Å². The van der Waals surface area contributed by atoms with Crippen LogP contribution in [0.1, 0.15) is 42.4 Å². The molecule has 2 N–H and O–H groups in total. The Morgan fingerprint density at radius 1 is 1.29 bits per heavy atom. The zero-order valence-corrected chi connectivity index (χ0v) is 13.7. The lowest BCUT2D eigenvalue weighted by molar-refractivity contribution is 0.348. The van der Waals surface area contributed by atoms with Crippen LogP contribution in [-0.4, -0.2) is 0 Å². The second-order valence-corrected chi connectivity index (χ2v) is 7.05. The highest BCUT2D eigenvalue weighted by Crippen LogP contribution is 2.41. The van der Waals surface area contributed by atoms with E-state index >= 15 is 0 Å². The SMILES string of the molecule is CC1CCC(N)(Cc2cc(F)cc(Br)c2)c2ccccc21. The number of nitrogens with two attached hydrogens (primary N) is 1. The van der Waals surface area contributed by atoms with Gasteiger partial charge in [-0.3, -0.25) is 0 Å². The fourth-order valence-electron chi connectivity index (χ4n) is 3.41. The third-order valence-electron chi connectivity index (χ3n) is 4.49. The zero-order valence-electron chi connectivity index (χ0n) is 12.1. The first-order valence-electron chi connectivity index (χ1n) is 7.31. The molecule has 0 saturated heterocycles. The van der Waals surface area contributed by atoms with Gasteiger partial charge < -0.3 is 5.73 Å². The third-order valence-corrected chi connectivity index (χ3v) is 4.95. The van der Waals surface area contributed by atoms with Gasteiger partial charge in [0.15, 0.2) is 0 Å². The largest absolute Gasteiger partial charge is 0.321 e. The minimum atomic E-state index is -0.406. The van der Waals surface area contributed by atoms with Crippen molar-refractivity contribution in [2.45, 2.75) is 37.6 Å². The molecular formula is C18H19BrFN. The number of rotatable bonds is 2. The van der Waals surface area contributed by atoms with Crippen molar-refractivity contribution in [3.63, 3.8) is 0 Å². The lowest BCUT2D eigenvalue weighted by atomic mass is 9.70. The Morgan fingerprint density at radius 3 is 2.81 bits per heavy atom. The van der Waals surface area contributed by atoms with Crippen LogP contribution in [0.15, 0.2) is 46.9 Å². The van der Waals surface area contributed by atoms with E-state index in [0.717, 1.165) is 22.9 Å². The topological polar surface area (TPSA) is 26.0 Å². The zero-order chi connectivity index (χ0) is 15.0. The molecule has 2 atom stereocenters. The van der Waals surface area contributed by atoms with Gasteiger partial charge in [-0.1, -0.05) is 47.1 Å². The quantitative estimate of drug-likeness (QED) is 0.822. The van der Waals surface area contributed by atoms with E-state index in [1.165, 1.54) is 17.2 Å². The molecule has 1 aliphatic rings. The number of fused-ring (bicyclic) bond motifs is 1. The fourth-order valence-corrected chi connectivity index (χ4v) is 3.92. The average molecular weight is 348 g/mol. The standard InChI is InChI=1S/C18H19BrFN/c1-12-6-7-18(21,17-5-3-2-4-16(12)17)11-13-8-14(19)10-15(20)9-13/h2-5,8-10,12H,6-7,11,21H2,1H3. The van der Waals surface area contributed by atoms with E-state index in [1.807, 2.05) is 12.1 Å². The van der Waals surface area contributed by atoms with Crippen molar-refractivity contribution >= 4 is 15.9 Å². The first-order chi connectivity index (χ1) is 9.98. The van der Waals surface area contributed by atoms with Crippen molar-refractivity contribution in [3.8, 4) is 0 Å². The molecule has 3 rings (SSSR count). The summed E-state index contributed by atoms with van der Waals surface area (Å²) in [6.07, 6.45) is 2.66. The number of hydrogen-bond acceptors (Lipinski definition) is 1. The van der Waals surface area contributed by atoms with Crippen molar-refractivity contribution in [2.75, 3.05) is 0 Å². The molecule has 2 unspecified atom stereocenters. The Morgan fingerprint density at radius 2 is 2.05 bits per heavy atom. The molecule has 21 heavy (non-hydrogen) atoms. The Labute approximate surface area is 133 Å². The Bertz CT molecular complexity index is 650. The summed E-state index contributed by atoms with van der Waals surface area (Å²) >= 11 is 3.36. The molecule has 3 heteroatoms. The summed E-state index contributed by atoms with van der Waals surface area (Å²) in [4.78, 5) is 0. The van der Waals surface area contributed by atoms with Crippen LogP contribution in [0.2, 0.25) is 0 Å². The van der Waals surface area contributed by atoms with Gasteiger partial charge in [0, 0.05) is 10.0 Å². The molecule has 110 valence electrons. The van der Waals surface area contributed by atoms with Crippen molar-refractivity contribution in [2.24, 2.45) is 5.73 Å². The minimum absolute atomic E-state index is 0.222. The normalized spacial score (nSPS) is 24.7. The van der Waals surface area contributed by atoms with Crippen LogP contribution in [0.4, 0.5) is 4.39 Å². The molecule has 0 spiro atoms. The smallest absolute Gasteiger partial charge is 0.124 e. The van der Waals surface area contributed by atoms with E-state index in [2.05, 4.69) is 41.1 Å². The molecule has 0 bridgehead atoms. The molecule has 2 aromatic carbocycles. The summed E-state index contributed by atoms with van der Waals surface area (Å²) < 4.78 is 14.4.